The first-order valence-corrected chi connectivity index (χ1v) is 8.10. The third kappa shape index (κ3) is 3.40. The summed E-state index contributed by atoms with van der Waals surface area (Å²) in [7, 11) is 0. The molecule has 0 aromatic heterocycles. The Balaban J connectivity index is 2.06. The van der Waals surface area contributed by atoms with Crippen LogP contribution in [0.3, 0.4) is 0 Å². The molecule has 6 heteroatoms. The zero-order valence-electron chi connectivity index (χ0n) is 14.3. The Labute approximate surface area is 149 Å². The van der Waals surface area contributed by atoms with Gasteiger partial charge in [0.15, 0.2) is 0 Å². The highest BCUT2D eigenvalue weighted by molar-refractivity contribution is 6.54. The van der Waals surface area contributed by atoms with E-state index >= 15 is 0 Å². The van der Waals surface area contributed by atoms with Gasteiger partial charge in [0.25, 0.3) is 5.91 Å². The maximum Gasteiger partial charge on any atom is 0.416 e. The fourth-order valence-electron chi connectivity index (χ4n) is 2.75. The second kappa shape index (κ2) is 6.78. The van der Waals surface area contributed by atoms with E-state index in [1.165, 1.54) is 12.1 Å². The maximum absolute atomic E-state index is 12.9. The number of alkyl halides is 3. The van der Waals surface area contributed by atoms with Crippen molar-refractivity contribution in [1.82, 2.24) is 0 Å². The van der Waals surface area contributed by atoms with Crippen LogP contribution in [0.1, 0.15) is 25.0 Å². The fraction of sp³-hybridized carbons (Fsp3) is 0.200. The largest absolute Gasteiger partial charge is 0.416 e. The summed E-state index contributed by atoms with van der Waals surface area (Å²) in [5, 5.41) is 0. The quantitative estimate of drug-likeness (QED) is 0.700. The summed E-state index contributed by atoms with van der Waals surface area (Å²) in [5.74, 6) is -0.315. The summed E-state index contributed by atoms with van der Waals surface area (Å²) in [5.41, 5.74) is 1.81. The molecular weight excluding hydrogens is 341 g/mol. The van der Waals surface area contributed by atoms with Crippen molar-refractivity contribution in [2.24, 2.45) is 4.99 Å². The Kier molecular flexibility index (Phi) is 4.68. The number of rotatable bonds is 3. The molecule has 0 bridgehead atoms. The first kappa shape index (κ1) is 17.9. The molecule has 3 nitrogen and oxygen atoms in total. The lowest BCUT2D eigenvalue weighted by Crippen LogP contribution is -2.31. The summed E-state index contributed by atoms with van der Waals surface area (Å²) < 4.78 is 38.7. The van der Waals surface area contributed by atoms with E-state index in [1.54, 1.807) is 17.0 Å². The second-order valence-electron chi connectivity index (χ2n) is 6.05. The topological polar surface area (TPSA) is 32.7 Å². The number of fused-ring (bicyclic) bond motifs is 1. The lowest BCUT2D eigenvalue weighted by Gasteiger charge is -2.16. The summed E-state index contributed by atoms with van der Waals surface area (Å²) in [4.78, 5) is 18.7. The van der Waals surface area contributed by atoms with Crippen LogP contribution in [0.15, 0.2) is 65.2 Å². The van der Waals surface area contributed by atoms with Crippen molar-refractivity contribution in [3.63, 3.8) is 0 Å². The van der Waals surface area contributed by atoms with E-state index in [0.717, 1.165) is 17.7 Å². The van der Waals surface area contributed by atoms with Crippen molar-refractivity contribution in [3.05, 3.63) is 71.3 Å². The minimum absolute atomic E-state index is 0.0996. The zero-order chi connectivity index (χ0) is 18.9. The van der Waals surface area contributed by atoms with Crippen molar-refractivity contribution in [2.75, 3.05) is 11.4 Å². The first-order chi connectivity index (χ1) is 12.3. The van der Waals surface area contributed by atoms with E-state index in [2.05, 4.69) is 4.99 Å². The molecular formula is C20H17F3N2O. The van der Waals surface area contributed by atoms with E-state index in [1.807, 2.05) is 32.1 Å². The molecule has 0 radical (unpaired) electrons. The van der Waals surface area contributed by atoms with Gasteiger partial charge in [-0.1, -0.05) is 35.9 Å². The number of hydrogen-bond donors (Lipinski definition) is 0. The van der Waals surface area contributed by atoms with Gasteiger partial charge in [-0.05, 0) is 38.1 Å². The van der Waals surface area contributed by atoms with E-state index in [4.69, 9.17) is 0 Å². The number of nitrogens with zero attached hydrogens (tertiary/aromatic N) is 2. The first-order valence-electron chi connectivity index (χ1n) is 8.10. The van der Waals surface area contributed by atoms with Crippen LogP contribution in [-0.2, 0) is 11.0 Å². The number of aliphatic imine (C=N–C) groups is 1. The number of benzene rings is 2. The van der Waals surface area contributed by atoms with Crippen LogP contribution in [-0.4, -0.2) is 18.2 Å². The third-order valence-electron chi connectivity index (χ3n) is 4.21. The zero-order valence-corrected chi connectivity index (χ0v) is 14.3. The molecule has 2 aromatic carbocycles. The average molecular weight is 358 g/mol. The molecule has 0 unspecified atom stereocenters. The SMILES string of the molecule is C/C=C(\C)CN1C(=O)C(=Nc2cccc(C(F)(F)F)c2)c2ccccc21. The van der Waals surface area contributed by atoms with Crippen molar-refractivity contribution in [2.45, 2.75) is 20.0 Å². The van der Waals surface area contributed by atoms with Gasteiger partial charge in [0.2, 0.25) is 0 Å². The highest BCUT2D eigenvalue weighted by atomic mass is 19.4. The van der Waals surface area contributed by atoms with Gasteiger partial charge in [0.05, 0.1) is 16.9 Å². The molecule has 1 aliphatic rings. The Bertz CT molecular complexity index is 913. The highest BCUT2D eigenvalue weighted by Gasteiger charge is 2.34. The van der Waals surface area contributed by atoms with Crippen molar-refractivity contribution < 1.29 is 18.0 Å². The number of hydrogen-bond acceptors (Lipinski definition) is 2. The molecule has 0 spiro atoms. The monoisotopic (exact) mass is 358 g/mol. The van der Waals surface area contributed by atoms with Gasteiger partial charge in [-0.25, -0.2) is 4.99 Å². The van der Waals surface area contributed by atoms with Gasteiger partial charge < -0.3 is 4.90 Å². The predicted octanol–water partition coefficient (Wildman–Crippen LogP) is 5.14. The van der Waals surface area contributed by atoms with Gasteiger partial charge in [0.1, 0.15) is 5.71 Å². The van der Waals surface area contributed by atoms with Crippen molar-refractivity contribution in [1.29, 1.82) is 0 Å². The van der Waals surface area contributed by atoms with Crippen LogP contribution in [0.2, 0.25) is 0 Å². The number of halogens is 3. The van der Waals surface area contributed by atoms with Crippen LogP contribution in [0.25, 0.3) is 0 Å². The summed E-state index contributed by atoms with van der Waals surface area (Å²) in [6, 6.07) is 11.8. The number of allylic oxidation sites excluding steroid dienone is 1. The predicted molar refractivity (Wildman–Crippen MR) is 95.9 cm³/mol. The van der Waals surface area contributed by atoms with Gasteiger partial charge >= 0.3 is 6.18 Å². The lowest BCUT2D eigenvalue weighted by molar-refractivity contribution is -0.137. The molecule has 0 fully saturated rings. The number of anilines is 1. The molecule has 0 saturated carbocycles. The Hall–Kier alpha value is -2.89. The number of amides is 1. The van der Waals surface area contributed by atoms with Gasteiger partial charge in [-0.2, -0.15) is 13.2 Å². The molecule has 0 atom stereocenters. The van der Waals surface area contributed by atoms with Crippen LogP contribution >= 0.6 is 0 Å². The summed E-state index contributed by atoms with van der Waals surface area (Å²) in [6.45, 7) is 4.21. The number of carbonyl (C=O) groups excluding carboxylic acids is 1. The fourth-order valence-corrected chi connectivity index (χ4v) is 2.75. The smallest absolute Gasteiger partial charge is 0.302 e. The van der Waals surface area contributed by atoms with Crippen LogP contribution in [0.4, 0.5) is 24.5 Å². The van der Waals surface area contributed by atoms with Crippen LogP contribution in [0.5, 0.6) is 0 Å². The van der Waals surface area contributed by atoms with Gasteiger partial charge in [-0.15, -0.1) is 0 Å². The molecule has 0 saturated heterocycles. The molecule has 1 aliphatic heterocycles. The van der Waals surface area contributed by atoms with Gasteiger partial charge in [0, 0.05) is 12.1 Å². The van der Waals surface area contributed by atoms with E-state index in [0.29, 0.717) is 17.8 Å². The minimum Gasteiger partial charge on any atom is -0.302 e. The molecule has 134 valence electrons. The standard InChI is InChI=1S/C20H17F3N2O/c1-3-13(2)12-25-17-10-5-4-9-16(17)18(19(25)26)24-15-8-6-7-14(11-15)20(21,22)23/h3-11H,12H2,1-2H3/b13-3+,24-18?. The molecule has 26 heavy (non-hydrogen) atoms. The third-order valence-corrected chi connectivity index (χ3v) is 4.21. The minimum atomic E-state index is -4.46. The lowest BCUT2D eigenvalue weighted by atomic mass is 10.1. The van der Waals surface area contributed by atoms with Crippen LogP contribution < -0.4 is 4.90 Å². The van der Waals surface area contributed by atoms with Crippen molar-refractivity contribution >= 4 is 23.0 Å². The Morgan fingerprint density at radius 1 is 1.15 bits per heavy atom. The number of carbonyl (C=O) groups is 1. The second-order valence-corrected chi connectivity index (χ2v) is 6.05. The van der Waals surface area contributed by atoms with Crippen molar-refractivity contribution in [3.8, 4) is 0 Å². The Morgan fingerprint density at radius 2 is 1.88 bits per heavy atom. The molecule has 2 aromatic rings. The highest BCUT2D eigenvalue weighted by Crippen LogP contribution is 2.34. The van der Waals surface area contributed by atoms with E-state index in [9.17, 15) is 18.0 Å². The maximum atomic E-state index is 12.9. The molecule has 1 heterocycles. The molecule has 3 rings (SSSR count). The molecule has 0 aliphatic carbocycles. The number of para-hydroxylation sites is 1. The normalized spacial score (nSPS) is 16.3. The van der Waals surface area contributed by atoms with E-state index in [-0.39, 0.29) is 17.3 Å². The summed E-state index contributed by atoms with van der Waals surface area (Å²) in [6.07, 6.45) is -2.54. The molecule has 0 N–H and O–H groups in total. The van der Waals surface area contributed by atoms with Crippen LogP contribution in [0, 0.1) is 0 Å². The van der Waals surface area contributed by atoms with Gasteiger partial charge in [-0.3, -0.25) is 4.79 Å². The van der Waals surface area contributed by atoms with E-state index < -0.39 is 11.7 Å². The Morgan fingerprint density at radius 3 is 2.58 bits per heavy atom. The molecule has 1 amide bonds. The average Bonchev–Trinajstić information content (AvgIpc) is 2.87. The summed E-state index contributed by atoms with van der Waals surface area (Å²) >= 11 is 0.